The maximum Gasteiger partial charge on any atom is 0.308 e. The number of aliphatic hydroxyl groups excluding tert-OH is 1. The Bertz CT molecular complexity index is 1040. The zero-order valence-electron chi connectivity index (χ0n) is 17.4. The smallest absolute Gasteiger partial charge is 0.308 e. The predicted molar refractivity (Wildman–Crippen MR) is 118 cm³/mol. The largest absolute Gasteiger partial charge is 0.352 e. The molecule has 31 heavy (non-hydrogen) atoms. The van der Waals surface area contributed by atoms with Gasteiger partial charge in [0.1, 0.15) is 12.2 Å². The van der Waals surface area contributed by atoms with Crippen molar-refractivity contribution in [3.05, 3.63) is 75.2 Å². The van der Waals surface area contributed by atoms with Gasteiger partial charge in [-0.25, -0.2) is 9.48 Å². The van der Waals surface area contributed by atoms with Crippen LogP contribution in [0.2, 0.25) is 0 Å². The number of quaternary nitrogens is 1. The third-order valence-corrected chi connectivity index (χ3v) is 6.13. The first-order valence-corrected chi connectivity index (χ1v) is 10.5. The molecule has 2 unspecified atom stereocenters. The minimum absolute atomic E-state index is 0.00627. The van der Waals surface area contributed by atoms with Gasteiger partial charge in [0.05, 0.1) is 4.92 Å². The molecule has 2 atom stereocenters. The first kappa shape index (κ1) is 22.6. The summed E-state index contributed by atoms with van der Waals surface area (Å²) >= 11 is 1.27. The third-order valence-electron chi connectivity index (χ3n) is 4.90. The van der Waals surface area contributed by atoms with Crippen LogP contribution < -0.4 is 5.32 Å². The number of nitro groups is 1. The average Bonchev–Trinajstić information content (AvgIpc) is 3.12. The summed E-state index contributed by atoms with van der Waals surface area (Å²) in [5, 5.41) is 25.5. The van der Waals surface area contributed by atoms with Gasteiger partial charge in [-0.3, -0.25) is 19.9 Å². The van der Waals surface area contributed by atoms with Gasteiger partial charge in [-0.05, 0) is 30.0 Å². The molecule has 9 nitrogen and oxygen atoms in total. The van der Waals surface area contributed by atoms with Gasteiger partial charge >= 0.3 is 5.91 Å². The summed E-state index contributed by atoms with van der Waals surface area (Å²) in [6.45, 7) is 4.20. The van der Waals surface area contributed by atoms with Gasteiger partial charge in [0.15, 0.2) is 6.34 Å². The van der Waals surface area contributed by atoms with Crippen LogP contribution in [0.1, 0.15) is 19.4 Å². The number of thioether (sulfide) groups is 1. The molecule has 2 aromatic rings. The van der Waals surface area contributed by atoms with Crippen molar-refractivity contribution in [1.29, 1.82) is 0 Å². The molecule has 1 aromatic carbocycles. The highest BCUT2D eigenvalue weighted by molar-refractivity contribution is 8.02. The number of likely N-dealkylation sites (N-methyl/N-ethyl adjacent to an activating group) is 1. The molecule has 0 radical (unpaired) electrons. The lowest BCUT2D eigenvalue weighted by molar-refractivity contribution is -0.841. The van der Waals surface area contributed by atoms with Gasteiger partial charge in [0.25, 0.3) is 11.9 Å². The fourth-order valence-corrected chi connectivity index (χ4v) is 4.62. The van der Waals surface area contributed by atoms with Gasteiger partial charge in [-0.15, -0.1) is 0 Å². The Kier molecular flexibility index (Phi) is 6.84. The first-order chi connectivity index (χ1) is 14.8. The highest BCUT2D eigenvalue weighted by Crippen LogP contribution is 2.44. The molecule has 10 heteroatoms. The van der Waals surface area contributed by atoms with Crippen LogP contribution >= 0.6 is 11.8 Å². The van der Waals surface area contributed by atoms with E-state index in [4.69, 9.17) is 0 Å². The molecule has 0 fully saturated rings. The van der Waals surface area contributed by atoms with Crippen molar-refractivity contribution in [1.82, 2.24) is 10.3 Å². The molecule has 0 bridgehead atoms. The van der Waals surface area contributed by atoms with E-state index in [0.29, 0.717) is 15.6 Å². The Morgan fingerprint density at radius 2 is 2.00 bits per heavy atom. The van der Waals surface area contributed by atoms with E-state index in [0.717, 1.165) is 5.56 Å². The number of aromatic nitrogens is 1. The van der Waals surface area contributed by atoms with Gasteiger partial charge < -0.3 is 10.4 Å². The number of amides is 1. The summed E-state index contributed by atoms with van der Waals surface area (Å²) in [5.41, 5.74) is 1.54. The van der Waals surface area contributed by atoms with Crippen LogP contribution in [0.15, 0.2) is 69.4 Å². The Morgan fingerprint density at radius 3 is 2.61 bits per heavy atom. The molecule has 1 amide bonds. The number of rotatable bonds is 8. The number of allylic oxidation sites excluding steroid dienone is 1. The van der Waals surface area contributed by atoms with E-state index in [1.807, 2.05) is 26.0 Å². The van der Waals surface area contributed by atoms with Crippen LogP contribution in [-0.2, 0) is 11.3 Å². The predicted octanol–water partition coefficient (Wildman–Crippen LogP) is 3.03. The molecule has 3 rings (SSSR count). The van der Waals surface area contributed by atoms with Crippen LogP contribution in [-0.4, -0.2) is 45.0 Å². The molecule has 0 spiro atoms. The van der Waals surface area contributed by atoms with E-state index in [9.17, 15) is 20.0 Å². The number of aliphatic hydroxyl groups is 1. The number of carbonyl (C=O) groups excluding carboxylic acids is 1. The van der Waals surface area contributed by atoms with Crippen molar-refractivity contribution in [3.63, 3.8) is 0 Å². The summed E-state index contributed by atoms with van der Waals surface area (Å²) in [4.78, 5) is 32.5. The first-order valence-electron chi connectivity index (χ1n) is 9.66. The molecule has 1 aromatic heterocycles. The van der Waals surface area contributed by atoms with E-state index in [1.165, 1.54) is 30.9 Å². The minimum atomic E-state index is -1.46. The zero-order chi connectivity index (χ0) is 22.6. The maximum atomic E-state index is 12.5. The highest BCUT2D eigenvalue weighted by atomic mass is 32.2. The Labute approximate surface area is 184 Å². The van der Waals surface area contributed by atoms with Gasteiger partial charge in [-0.1, -0.05) is 19.9 Å². The lowest BCUT2D eigenvalue weighted by Gasteiger charge is -2.35. The molecule has 162 valence electrons. The monoisotopic (exact) mass is 442 g/mol. The van der Waals surface area contributed by atoms with E-state index >= 15 is 0 Å². The zero-order valence-corrected chi connectivity index (χ0v) is 18.2. The molecule has 1 aliphatic heterocycles. The number of aliphatic imine (C=N–C) groups is 1. The number of hydrogen-bond donors (Lipinski definition) is 2. The number of hydrogen-bond acceptors (Lipinski definition) is 7. The quantitative estimate of drug-likeness (QED) is 0.369. The normalized spacial score (nSPS) is 19.0. The SMILES string of the molecule is CNC(=O)C(O)[N+]1(Cc2ccncc2)C=NC(C(C)C)=C1Sc1cccc([N+](=O)[O-])c1. The second-order valence-corrected chi connectivity index (χ2v) is 8.44. The van der Waals surface area contributed by atoms with Crippen LogP contribution in [0.4, 0.5) is 5.69 Å². The fraction of sp³-hybridized carbons (Fsp3) is 0.286. The van der Waals surface area contributed by atoms with E-state index in [2.05, 4.69) is 15.3 Å². The Hall–Kier alpha value is -3.08. The molecular weight excluding hydrogens is 418 g/mol. The summed E-state index contributed by atoms with van der Waals surface area (Å²) in [7, 11) is 1.46. The second kappa shape index (κ2) is 9.38. The summed E-state index contributed by atoms with van der Waals surface area (Å²) in [6.07, 6.45) is 3.41. The van der Waals surface area contributed by atoms with Crippen LogP contribution in [0.5, 0.6) is 0 Å². The van der Waals surface area contributed by atoms with Crippen molar-refractivity contribution >= 4 is 29.7 Å². The van der Waals surface area contributed by atoms with Gasteiger partial charge in [-0.2, -0.15) is 0 Å². The standard InChI is InChI=1S/C21H23N5O4S/c1-14(2)18-21(31-17-6-4-5-16(11-17)25(29)30)26(13-24-18,20(28)19(27)22-3)12-15-7-9-23-10-8-15/h4-11,13-14,20,28H,12H2,1-3H3/p+1. The highest BCUT2D eigenvalue weighted by Gasteiger charge is 2.49. The van der Waals surface area contributed by atoms with Crippen LogP contribution in [0.3, 0.4) is 0 Å². The fourth-order valence-electron chi connectivity index (χ4n) is 3.29. The number of carbonyl (C=O) groups is 1. The van der Waals surface area contributed by atoms with Gasteiger partial charge in [0, 0.05) is 48.0 Å². The molecule has 2 N–H and O–H groups in total. The average molecular weight is 443 g/mol. The summed E-state index contributed by atoms with van der Waals surface area (Å²) in [6, 6.07) is 9.89. The molecule has 2 heterocycles. The third kappa shape index (κ3) is 4.66. The molecule has 0 saturated carbocycles. The molecule has 1 aliphatic rings. The van der Waals surface area contributed by atoms with Crippen LogP contribution in [0.25, 0.3) is 0 Å². The minimum Gasteiger partial charge on any atom is -0.352 e. The Balaban J connectivity index is 2.13. The molecule has 0 saturated heterocycles. The number of non-ortho nitro benzene ring substituents is 1. The van der Waals surface area contributed by atoms with Crippen molar-refractivity contribution in [2.24, 2.45) is 10.9 Å². The number of nitrogens with zero attached hydrogens (tertiary/aromatic N) is 4. The summed E-state index contributed by atoms with van der Waals surface area (Å²) in [5.74, 6) is -0.547. The number of pyridine rings is 1. The van der Waals surface area contributed by atoms with Crippen molar-refractivity contribution in [3.8, 4) is 0 Å². The van der Waals surface area contributed by atoms with E-state index in [-0.39, 0.29) is 22.6 Å². The topological polar surface area (TPSA) is 118 Å². The van der Waals surface area contributed by atoms with E-state index < -0.39 is 17.1 Å². The second-order valence-electron chi connectivity index (χ2n) is 7.38. The van der Waals surface area contributed by atoms with Crippen LogP contribution in [0, 0.1) is 16.0 Å². The number of nitrogens with one attached hydrogen (secondary N) is 1. The van der Waals surface area contributed by atoms with Gasteiger partial charge in [0.2, 0.25) is 5.03 Å². The molecule has 0 aliphatic carbocycles. The summed E-state index contributed by atoms with van der Waals surface area (Å²) < 4.78 is -0.245. The van der Waals surface area contributed by atoms with E-state index in [1.54, 1.807) is 30.9 Å². The van der Waals surface area contributed by atoms with Crippen molar-refractivity contribution in [2.45, 2.75) is 31.5 Å². The van der Waals surface area contributed by atoms with Crippen molar-refractivity contribution < 1.29 is 19.3 Å². The molecular formula is C21H24N5O4S+. The Morgan fingerprint density at radius 1 is 1.29 bits per heavy atom. The lowest BCUT2D eigenvalue weighted by atomic mass is 10.1. The number of nitro benzene ring substituents is 1. The number of benzene rings is 1. The lowest BCUT2D eigenvalue weighted by Crippen LogP contribution is -2.57. The van der Waals surface area contributed by atoms with Crippen molar-refractivity contribution in [2.75, 3.05) is 7.05 Å². The maximum absolute atomic E-state index is 12.5.